The second-order valence-electron chi connectivity index (χ2n) is 10.1. The molecule has 4 aliphatic heterocycles. The summed E-state index contributed by atoms with van der Waals surface area (Å²) in [6.07, 6.45) is 2.79. The fraction of sp³-hybridized carbons (Fsp3) is 0.857. The first-order valence-electron chi connectivity index (χ1n) is 10.3. The number of fused-ring (bicyclic) bond motifs is 4. The number of epoxide rings is 3. The zero-order valence-electron chi connectivity index (χ0n) is 16.2. The first-order chi connectivity index (χ1) is 12.9. The maximum atomic E-state index is 12.1. The Bertz CT molecular complexity index is 841. The van der Waals surface area contributed by atoms with E-state index in [0.717, 1.165) is 24.8 Å². The van der Waals surface area contributed by atoms with Gasteiger partial charge in [-0.05, 0) is 36.7 Å². The quantitative estimate of drug-likeness (QED) is 0.542. The van der Waals surface area contributed by atoms with Crippen molar-refractivity contribution >= 4 is 5.97 Å². The van der Waals surface area contributed by atoms with Crippen molar-refractivity contribution in [1.82, 2.24) is 0 Å². The standard InChI is InChI=1S/C21H26O6.H2/c1-9(2)19-14(26-19)15-21(27-15)18(3)6-5-10-11(8-24-16(10)22)12(18)7-13-20(21,25-13)17(19)23-4;/h9,12-15,17H,5-8H2,1-4H3;1H/t12?,13-,14-,15-,17+,18-,19-,20+,21+;/m0./s1. The second kappa shape index (κ2) is 4.16. The summed E-state index contributed by atoms with van der Waals surface area (Å²) in [5.74, 6) is 0.510. The van der Waals surface area contributed by atoms with Crippen LogP contribution in [0.4, 0.5) is 0 Å². The van der Waals surface area contributed by atoms with E-state index in [1.807, 2.05) is 0 Å². The molecule has 0 radical (unpaired) electrons. The highest BCUT2D eigenvalue weighted by molar-refractivity contribution is 5.92. The molecule has 0 aromatic rings. The maximum Gasteiger partial charge on any atom is 0.334 e. The number of esters is 1. The Morgan fingerprint density at radius 2 is 2.04 bits per heavy atom. The van der Waals surface area contributed by atoms with E-state index in [-0.39, 0.29) is 54.3 Å². The molecule has 27 heavy (non-hydrogen) atoms. The molecule has 4 heterocycles. The molecular formula is C21H28O6. The minimum absolute atomic E-state index is 0. The molecule has 6 heteroatoms. The van der Waals surface area contributed by atoms with Gasteiger partial charge in [0.05, 0.1) is 6.10 Å². The highest BCUT2D eigenvalue weighted by Crippen LogP contribution is 2.83. The summed E-state index contributed by atoms with van der Waals surface area (Å²) in [4.78, 5) is 12.1. The minimum Gasteiger partial charge on any atom is -0.458 e. The fourth-order valence-electron chi connectivity index (χ4n) is 8.02. The SMILES string of the molecule is CO[C@@H]1[C@@]2(C(C)C)O[C@H]2[C@@H]2O[C@]23[C@]12O[C@H]2CC1C2=C(CC[C@@]13C)C(=O)OC2.[HH]. The molecule has 5 fully saturated rings. The summed E-state index contributed by atoms with van der Waals surface area (Å²) in [5.41, 5.74) is 0.978. The predicted octanol–water partition coefficient (Wildman–Crippen LogP) is 2.00. The van der Waals surface area contributed by atoms with Crippen LogP contribution in [-0.4, -0.2) is 60.9 Å². The van der Waals surface area contributed by atoms with Crippen LogP contribution in [0.1, 0.15) is 41.5 Å². The van der Waals surface area contributed by atoms with Gasteiger partial charge in [0.1, 0.15) is 36.1 Å². The molecular weight excluding hydrogens is 348 g/mol. The highest BCUT2D eigenvalue weighted by Gasteiger charge is 3.00. The fourth-order valence-corrected chi connectivity index (χ4v) is 8.02. The van der Waals surface area contributed by atoms with Gasteiger partial charge >= 0.3 is 5.97 Å². The zero-order chi connectivity index (χ0) is 18.6. The summed E-state index contributed by atoms with van der Waals surface area (Å²) < 4.78 is 31.1. The van der Waals surface area contributed by atoms with E-state index in [1.165, 1.54) is 5.57 Å². The largest absolute Gasteiger partial charge is 0.458 e. The summed E-state index contributed by atoms with van der Waals surface area (Å²) in [5, 5.41) is 0. The molecule has 7 aliphatic rings. The molecule has 0 aromatic heterocycles. The normalized spacial score (nSPS) is 61.2. The lowest BCUT2D eigenvalue weighted by Crippen LogP contribution is -2.69. The Morgan fingerprint density at radius 3 is 2.78 bits per heavy atom. The van der Waals surface area contributed by atoms with Gasteiger partial charge in [0.25, 0.3) is 0 Å². The van der Waals surface area contributed by atoms with E-state index >= 15 is 0 Å². The average Bonchev–Trinajstić information content (AvgIpc) is 3.52. The van der Waals surface area contributed by atoms with Crippen LogP contribution in [0.3, 0.4) is 0 Å². The minimum atomic E-state index is -0.406. The van der Waals surface area contributed by atoms with Crippen LogP contribution in [0.15, 0.2) is 11.1 Å². The molecule has 0 aromatic carbocycles. The number of carbonyl (C=O) groups is 1. The summed E-state index contributed by atoms with van der Waals surface area (Å²) >= 11 is 0. The molecule has 148 valence electrons. The zero-order valence-corrected chi connectivity index (χ0v) is 16.2. The van der Waals surface area contributed by atoms with Crippen LogP contribution in [-0.2, 0) is 28.5 Å². The van der Waals surface area contributed by atoms with Crippen molar-refractivity contribution in [3.05, 3.63) is 11.1 Å². The average molecular weight is 376 g/mol. The second-order valence-corrected chi connectivity index (χ2v) is 10.1. The van der Waals surface area contributed by atoms with Crippen LogP contribution in [0, 0.1) is 17.3 Å². The number of methoxy groups -OCH3 is 1. The summed E-state index contributed by atoms with van der Waals surface area (Å²) in [6, 6.07) is 0. The molecule has 1 unspecified atom stereocenters. The molecule has 2 spiro atoms. The van der Waals surface area contributed by atoms with Crippen LogP contribution >= 0.6 is 0 Å². The number of hydrogen-bond donors (Lipinski definition) is 0. The third-order valence-corrected chi connectivity index (χ3v) is 9.30. The molecule has 6 nitrogen and oxygen atoms in total. The van der Waals surface area contributed by atoms with Crippen molar-refractivity contribution in [2.24, 2.45) is 17.3 Å². The van der Waals surface area contributed by atoms with E-state index in [4.69, 9.17) is 23.7 Å². The lowest BCUT2D eigenvalue weighted by atomic mass is 9.46. The Balaban J connectivity index is 0.00000156. The molecule has 9 atom stereocenters. The molecule has 2 saturated carbocycles. The number of hydrogen-bond acceptors (Lipinski definition) is 6. The lowest BCUT2D eigenvalue weighted by molar-refractivity contribution is -0.136. The molecule has 3 saturated heterocycles. The van der Waals surface area contributed by atoms with Gasteiger partial charge in [-0.2, -0.15) is 0 Å². The van der Waals surface area contributed by atoms with Gasteiger partial charge in [0.15, 0.2) is 5.60 Å². The lowest BCUT2D eigenvalue weighted by Gasteiger charge is -2.53. The molecule has 3 aliphatic carbocycles. The smallest absolute Gasteiger partial charge is 0.334 e. The van der Waals surface area contributed by atoms with Crippen LogP contribution < -0.4 is 0 Å². The first-order valence-corrected chi connectivity index (χ1v) is 10.3. The summed E-state index contributed by atoms with van der Waals surface area (Å²) in [6.45, 7) is 7.21. The monoisotopic (exact) mass is 376 g/mol. The van der Waals surface area contributed by atoms with E-state index in [9.17, 15) is 4.79 Å². The van der Waals surface area contributed by atoms with Gasteiger partial charge in [-0.25, -0.2) is 4.79 Å². The third kappa shape index (κ3) is 1.30. The molecule has 0 amide bonds. The predicted molar refractivity (Wildman–Crippen MR) is 94.0 cm³/mol. The van der Waals surface area contributed by atoms with Crippen molar-refractivity contribution in [2.45, 2.75) is 81.3 Å². The number of rotatable bonds is 2. The Morgan fingerprint density at radius 1 is 1.22 bits per heavy atom. The van der Waals surface area contributed by atoms with Gasteiger partial charge in [0.2, 0.25) is 0 Å². The van der Waals surface area contributed by atoms with Crippen LogP contribution in [0.25, 0.3) is 0 Å². The number of carbonyl (C=O) groups excluding carboxylic acids is 1. The summed E-state index contributed by atoms with van der Waals surface area (Å²) in [7, 11) is 1.79. The number of ether oxygens (including phenoxy) is 5. The van der Waals surface area contributed by atoms with Crippen molar-refractivity contribution in [3.8, 4) is 0 Å². The number of cyclic esters (lactones) is 1. The van der Waals surface area contributed by atoms with Gasteiger partial charge in [-0.3, -0.25) is 0 Å². The van der Waals surface area contributed by atoms with Crippen molar-refractivity contribution in [3.63, 3.8) is 0 Å². The van der Waals surface area contributed by atoms with Gasteiger partial charge in [-0.1, -0.05) is 20.8 Å². The van der Waals surface area contributed by atoms with E-state index in [1.54, 1.807) is 7.11 Å². The van der Waals surface area contributed by atoms with Gasteiger partial charge in [0, 0.05) is 19.5 Å². The van der Waals surface area contributed by atoms with E-state index in [2.05, 4.69) is 20.8 Å². The van der Waals surface area contributed by atoms with E-state index in [0.29, 0.717) is 12.5 Å². The van der Waals surface area contributed by atoms with E-state index < -0.39 is 5.60 Å². The molecule has 7 rings (SSSR count). The first kappa shape index (κ1) is 15.9. The van der Waals surface area contributed by atoms with Crippen LogP contribution in [0.2, 0.25) is 0 Å². The topological polar surface area (TPSA) is 73.1 Å². The Kier molecular flexibility index (Phi) is 2.45. The molecule has 0 N–H and O–H groups in total. The Hall–Kier alpha value is -0.950. The molecule has 0 bridgehead atoms. The van der Waals surface area contributed by atoms with Crippen molar-refractivity contribution in [2.75, 3.05) is 13.7 Å². The van der Waals surface area contributed by atoms with Gasteiger partial charge < -0.3 is 23.7 Å². The van der Waals surface area contributed by atoms with Crippen molar-refractivity contribution < 1.29 is 29.9 Å². The van der Waals surface area contributed by atoms with Crippen LogP contribution in [0.5, 0.6) is 0 Å². The van der Waals surface area contributed by atoms with Crippen molar-refractivity contribution in [1.29, 1.82) is 0 Å². The maximum absolute atomic E-state index is 12.1. The Labute approximate surface area is 160 Å². The highest BCUT2D eigenvalue weighted by atomic mass is 16.8. The van der Waals surface area contributed by atoms with Gasteiger partial charge in [-0.15, -0.1) is 0 Å². The third-order valence-electron chi connectivity index (χ3n) is 9.30.